The van der Waals surface area contributed by atoms with E-state index < -0.39 is 6.17 Å². The van der Waals surface area contributed by atoms with Gasteiger partial charge in [0.1, 0.15) is 11.7 Å². The van der Waals surface area contributed by atoms with Gasteiger partial charge >= 0.3 is 0 Å². The lowest BCUT2D eigenvalue weighted by Gasteiger charge is -2.25. The molecule has 0 radical (unpaired) electrons. The number of nitrogens with one attached hydrogen (secondary N) is 1. The number of pyridine rings is 1. The van der Waals surface area contributed by atoms with E-state index in [-0.39, 0.29) is 0 Å². The first-order valence-corrected chi connectivity index (χ1v) is 14.8. The molecule has 8 rings (SSSR count). The highest BCUT2D eigenvalue weighted by Crippen LogP contribution is 2.39. The lowest BCUT2D eigenvalue weighted by atomic mass is 9.91. The summed E-state index contributed by atoms with van der Waals surface area (Å²) in [6.45, 7) is 0. The van der Waals surface area contributed by atoms with Crippen LogP contribution in [-0.2, 0) is 0 Å². The molecular formula is C40H28N4. The number of fused-ring (bicyclic) bond motifs is 2. The minimum absolute atomic E-state index is 0.438. The quantitative estimate of drug-likeness (QED) is 0.227. The number of nitrogens with zero attached hydrogens (tertiary/aromatic N) is 3. The fourth-order valence-corrected chi connectivity index (χ4v) is 6.07. The second-order valence-corrected chi connectivity index (χ2v) is 10.9. The monoisotopic (exact) mass is 564 g/mol. The maximum atomic E-state index is 5.24. The van der Waals surface area contributed by atoms with E-state index in [1.54, 1.807) is 0 Å². The van der Waals surface area contributed by atoms with Gasteiger partial charge in [-0.15, -0.1) is 0 Å². The van der Waals surface area contributed by atoms with Crippen molar-refractivity contribution in [3.63, 3.8) is 0 Å². The standard InChI is InChI=1S/C40H28N4/c1-3-12-30(13-4-1)38-42-39(31-14-5-2-6-15-31)44-40(43-38)37-33-16-8-7-11-27(33)23-24-34(37)29-21-19-28(20-22-29)32-25-26-41-36-18-10-9-17-35(32)36/h1-26,40H,(H,42,43,44). The number of amidine groups is 2. The van der Waals surface area contributed by atoms with Gasteiger partial charge in [-0.05, 0) is 45.2 Å². The molecule has 1 aliphatic rings. The molecule has 0 atom stereocenters. The maximum absolute atomic E-state index is 5.24. The Morgan fingerprint density at radius 1 is 0.432 bits per heavy atom. The highest BCUT2D eigenvalue weighted by Gasteiger charge is 2.25. The van der Waals surface area contributed by atoms with E-state index in [1.165, 1.54) is 5.56 Å². The van der Waals surface area contributed by atoms with Gasteiger partial charge in [0.2, 0.25) is 0 Å². The third-order valence-corrected chi connectivity index (χ3v) is 8.22. The largest absolute Gasteiger partial charge is 0.324 e. The third-order valence-electron chi connectivity index (χ3n) is 8.22. The number of para-hydroxylation sites is 1. The Morgan fingerprint density at radius 3 is 1.68 bits per heavy atom. The van der Waals surface area contributed by atoms with Crippen LogP contribution in [0, 0.1) is 0 Å². The number of rotatable bonds is 5. The molecule has 2 heterocycles. The maximum Gasteiger partial charge on any atom is 0.170 e. The molecule has 208 valence electrons. The van der Waals surface area contributed by atoms with E-state index in [0.717, 1.165) is 66.7 Å². The zero-order valence-corrected chi connectivity index (χ0v) is 23.9. The zero-order chi connectivity index (χ0) is 29.3. The summed E-state index contributed by atoms with van der Waals surface area (Å²) in [6, 6.07) is 52.7. The summed E-state index contributed by atoms with van der Waals surface area (Å²) in [5.74, 6) is 1.62. The molecule has 4 heteroatoms. The van der Waals surface area contributed by atoms with E-state index in [1.807, 2.05) is 48.7 Å². The van der Waals surface area contributed by atoms with Gasteiger partial charge in [0.15, 0.2) is 6.17 Å². The van der Waals surface area contributed by atoms with Gasteiger partial charge in [0, 0.05) is 28.3 Å². The van der Waals surface area contributed by atoms with Gasteiger partial charge in [-0.1, -0.05) is 140 Å². The number of hydrogen-bond donors (Lipinski definition) is 1. The molecule has 0 saturated carbocycles. The minimum Gasteiger partial charge on any atom is -0.324 e. The van der Waals surface area contributed by atoms with Crippen molar-refractivity contribution in [2.75, 3.05) is 0 Å². The van der Waals surface area contributed by atoms with Gasteiger partial charge in [0.05, 0.1) is 5.52 Å². The molecule has 4 nitrogen and oxygen atoms in total. The Balaban J connectivity index is 1.30. The normalized spacial score (nSPS) is 13.4. The Labute approximate surface area is 256 Å². The Hall–Kier alpha value is -5.87. The molecule has 0 fully saturated rings. The van der Waals surface area contributed by atoms with Crippen LogP contribution in [-0.4, -0.2) is 16.7 Å². The first-order valence-electron chi connectivity index (χ1n) is 14.8. The van der Waals surface area contributed by atoms with E-state index in [9.17, 15) is 0 Å². The van der Waals surface area contributed by atoms with Gasteiger partial charge in [-0.25, -0.2) is 9.98 Å². The van der Waals surface area contributed by atoms with Crippen LogP contribution in [0.5, 0.6) is 0 Å². The van der Waals surface area contributed by atoms with Crippen molar-refractivity contribution in [1.29, 1.82) is 0 Å². The van der Waals surface area contributed by atoms with Crippen molar-refractivity contribution in [3.8, 4) is 22.3 Å². The number of aromatic nitrogens is 1. The number of benzene rings is 6. The first kappa shape index (κ1) is 25.8. The molecule has 1 N–H and O–H groups in total. The van der Waals surface area contributed by atoms with Gasteiger partial charge in [-0.2, -0.15) is 0 Å². The highest BCUT2D eigenvalue weighted by atomic mass is 15.2. The predicted molar refractivity (Wildman–Crippen MR) is 182 cm³/mol. The summed E-state index contributed by atoms with van der Waals surface area (Å²) >= 11 is 0. The van der Waals surface area contributed by atoms with Crippen molar-refractivity contribution in [2.45, 2.75) is 6.17 Å². The molecule has 0 saturated heterocycles. The molecule has 44 heavy (non-hydrogen) atoms. The Kier molecular flexibility index (Phi) is 6.50. The molecule has 0 aliphatic carbocycles. The van der Waals surface area contributed by atoms with E-state index >= 15 is 0 Å². The zero-order valence-electron chi connectivity index (χ0n) is 23.9. The van der Waals surface area contributed by atoms with Crippen LogP contribution in [0.2, 0.25) is 0 Å². The van der Waals surface area contributed by atoms with E-state index in [4.69, 9.17) is 9.98 Å². The molecule has 0 unspecified atom stereocenters. The molecule has 7 aromatic rings. The van der Waals surface area contributed by atoms with Gasteiger partial charge in [-0.3, -0.25) is 4.98 Å². The molecule has 0 bridgehead atoms. The fourth-order valence-electron chi connectivity index (χ4n) is 6.07. The SMILES string of the molecule is c1ccc(C2=NC(c3c(-c4ccc(-c5ccnc6ccccc56)cc4)ccc4ccccc34)N=C(c3ccccc3)N2)cc1. The summed E-state index contributed by atoms with van der Waals surface area (Å²) in [6.07, 6.45) is 1.45. The lowest BCUT2D eigenvalue weighted by Crippen LogP contribution is -2.36. The molecule has 0 amide bonds. The summed E-state index contributed by atoms with van der Waals surface area (Å²) in [5, 5.41) is 6.99. The summed E-state index contributed by atoms with van der Waals surface area (Å²) in [7, 11) is 0. The van der Waals surface area contributed by atoms with Crippen LogP contribution in [0.1, 0.15) is 22.9 Å². The van der Waals surface area contributed by atoms with E-state index in [0.29, 0.717) is 0 Å². The average Bonchev–Trinajstić information content (AvgIpc) is 3.11. The lowest BCUT2D eigenvalue weighted by molar-refractivity contribution is 0.764. The topological polar surface area (TPSA) is 49.6 Å². The predicted octanol–water partition coefficient (Wildman–Crippen LogP) is 9.22. The summed E-state index contributed by atoms with van der Waals surface area (Å²) in [4.78, 5) is 15.0. The van der Waals surface area contributed by atoms with Crippen molar-refractivity contribution < 1.29 is 0 Å². The van der Waals surface area contributed by atoms with Gasteiger partial charge in [0.25, 0.3) is 0 Å². The first-order chi connectivity index (χ1) is 21.8. The van der Waals surface area contributed by atoms with Crippen molar-refractivity contribution >= 4 is 33.3 Å². The van der Waals surface area contributed by atoms with Crippen LogP contribution < -0.4 is 5.32 Å². The number of hydrogen-bond acceptors (Lipinski definition) is 4. The number of aliphatic imine (C=N–C) groups is 2. The molecule has 0 spiro atoms. The smallest absolute Gasteiger partial charge is 0.170 e. The van der Waals surface area contributed by atoms with Gasteiger partial charge < -0.3 is 5.32 Å². The van der Waals surface area contributed by atoms with Crippen molar-refractivity contribution in [2.24, 2.45) is 9.98 Å². The van der Waals surface area contributed by atoms with Crippen LogP contribution in [0.4, 0.5) is 0 Å². The van der Waals surface area contributed by atoms with Crippen LogP contribution in [0.25, 0.3) is 43.9 Å². The summed E-state index contributed by atoms with van der Waals surface area (Å²) in [5.41, 5.74) is 8.71. The summed E-state index contributed by atoms with van der Waals surface area (Å²) < 4.78 is 0. The Morgan fingerprint density at radius 2 is 1.00 bits per heavy atom. The van der Waals surface area contributed by atoms with Crippen molar-refractivity contribution in [3.05, 3.63) is 175 Å². The third kappa shape index (κ3) is 4.73. The Bertz CT molecular complexity index is 2120. The van der Waals surface area contributed by atoms with Crippen LogP contribution in [0.15, 0.2) is 168 Å². The second kappa shape index (κ2) is 11.1. The van der Waals surface area contributed by atoms with E-state index in [2.05, 4.69) is 119 Å². The van der Waals surface area contributed by atoms with Crippen LogP contribution >= 0.6 is 0 Å². The minimum atomic E-state index is -0.438. The second-order valence-electron chi connectivity index (χ2n) is 10.9. The highest BCUT2D eigenvalue weighted by molar-refractivity contribution is 6.16. The fraction of sp³-hybridized carbons (Fsp3) is 0.0250. The van der Waals surface area contributed by atoms with Crippen molar-refractivity contribution in [1.82, 2.24) is 10.3 Å². The van der Waals surface area contributed by atoms with Crippen LogP contribution in [0.3, 0.4) is 0 Å². The molecule has 6 aromatic carbocycles. The molecular weight excluding hydrogens is 536 g/mol. The average molecular weight is 565 g/mol. The molecule has 1 aromatic heterocycles. The molecule has 1 aliphatic heterocycles.